The van der Waals surface area contributed by atoms with Crippen molar-refractivity contribution in [1.29, 1.82) is 0 Å². The molecule has 3 rings (SSSR count). The lowest BCUT2D eigenvalue weighted by Crippen LogP contribution is -2.31. The maximum Gasteiger partial charge on any atom is 0.295 e. The van der Waals surface area contributed by atoms with Crippen LogP contribution in [0.25, 0.3) is 5.76 Å². The maximum atomic E-state index is 12.8. The van der Waals surface area contributed by atoms with Crippen LogP contribution in [0.15, 0.2) is 54.1 Å². The third-order valence-electron chi connectivity index (χ3n) is 4.81. The molecule has 2 aromatic carbocycles. The Morgan fingerprint density at radius 1 is 1.14 bits per heavy atom. The quantitative estimate of drug-likeness (QED) is 0.343. The zero-order chi connectivity index (χ0) is 20.3. The number of carbonyl (C=O) groups excluding carboxylic acids is 2. The Morgan fingerprint density at radius 3 is 2.46 bits per heavy atom. The van der Waals surface area contributed by atoms with E-state index < -0.39 is 17.7 Å². The highest BCUT2D eigenvalue weighted by Crippen LogP contribution is 2.41. The lowest BCUT2D eigenvalue weighted by Gasteiger charge is -2.26. The van der Waals surface area contributed by atoms with Crippen molar-refractivity contribution >= 4 is 29.1 Å². The molecular weight excluding hydrogens is 378 g/mol. The Morgan fingerprint density at radius 2 is 1.82 bits per heavy atom. The Hall–Kier alpha value is -2.63. The summed E-state index contributed by atoms with van der Waals surface area (Å²) >= 11 is 6.38. The van der Waals surface area contributed by atoms with E-state index in [9.17, 15) is 14.7 Å². The Bertz CT molecular complexity index is 920. The highest BCUT2D eigenvalue weighted by atomic mass is 35.5. The molecule has 5 nitrogen and oxygen atoms in total. The summed E-state index contributed by atoms with van der Waals surface area (Å²) in [7, 11) is 1.58. The number of aliphatic hydroxyl groups excluding tert-OH is 1. The van der Waals surface area contributed by atoms with Crippen LogP contribution in [-0.2, 0) is 14.3 Å². The second kappa shape index (κ2) is 8.59. The molecule has 0 radical (unpaired) electrons. The summed E-state index contributed by atoms with van der Waals surface area (Å²) in [5.41, 5.74) is 2.17. The van der Waals surface area contributed by atoms with Gasteiger partial charge < -0.3 is 14.7 Å². The van der Waals surface area contributed by atoms with Gasteiger partial charge in [0.1, 0.15) is 5.76 Å². The molecule has 0 unspecified atom stereocenters. The normalized spacial score (nSPS) is 18.7. The van der Waals surface area contributed by atoms with Gasteiger partial charge in [-0.1, -0.05) is 59.6 Å². The van der Waals surface area contributed by atoms with E-state index in [1.807, 2.05) is 19.1 Å². The van der Waals surface area contributed by atoms with Gasteiger partial charge in [-0.15, -0.1) is 0 Å². The number of nitrogens with zero attached hydrogens (tertiary/aromatic N) is 1. The average Bonchev–Trinajstić information content (AvgIpc) is 2.93. The molecule has 1 amide bonds. The van der Waals surface area contributed by atoms with Gasteiger partial charge in [0.25, 0.3) is 11.7 Å². The molecule has 6 heteroatoms. The van der Waals surface area contributed by atoms with Crippen molar-refractivity contribution in [3.05, 3.63) is 75.8 Å². The molecular formula is C22H22ClNO4. The van der Waals surface area contributed by atoms with Gasteiger partial charge >= 0.3 is 0 Å². The van der Waals surface area contributed by atoms with E-state index >= 15 is 0 Å². The largest absolute Gasteiger partial charge is 0.507 e. The number of carbonyl (C=O) groups is 2. The number of benzene rings is 2. The third kappa shape index (κ3) is 3.81. The number of ether oxygens (including phenoxy) is 1. The first kappa shape index (κ1) is 20.1. The minimum absolute atomic E-state index is 0.0550. The second-order valence-corrected chi connectivity index (χ2v) is 7.13. The first-order chi connectivity index (χ1) is 13.5. The Labute approximate surface area is 169 Å². The molecule has 1 fully saturated rings. The van der Waals surface area contributed by atoms with Crippen LogP contribution in [0.5, 0.6) is 0 Å². The number of hydrogen-bond donors (Lipinski definition) is 1. The van der Waals surface area contributed by atoms with E-state index in [4.69, 9.17) is 16.3 Å². The molecule has 0 aliphatic carbocycles. The van der Waals surface area contributed by atoms with Crippen molar-refractivity contribution in [2.75, 3.05) is 20.3 Å². The van der Waals surface area contributed by atoms with Crippen LogP contribution in [0, 0.1) is 6.92 Å². The van der Waals surface area contributed by atoms with Crippen molar-refractivity contribution in [3.8, 4) is 0 Å². The fourth-order valence-corrected chi connectivity index (χ4v) is 3.62. The zero-order valence-electron chi connectivity index (χ0n) is 15.8. The van der Waals surface area contributed by atoms with Gasteiger partial charge in [-0.05, 0) is 25.0 Å². The highest BCUT2D eigenvalue weighted by molar-refractivity contribution is 6.47. The summed E-state index contributed by atoms with van der Waals surface area (Å²) in [6.07, 6.45) is 0.565. The number of methoxy groups -OCH3 is 1. The molecule has 1 saturated heterocycles. The summed E-state index contributed by atoms with van der Waals surface area (Å²) in [6, 6.07) is 13.4. The van der Waals surface area contributed by atoms with Gasteiger partial charge in [0.15, 0.2) is 0 Å². The van der Waals surface area contributed by atoms with Crippen molar-refractivity contribution < 1.29 is 19.4 Å². The summed E-state index contributed by atoms with van der Waals surface area (Å²) in [5, 5.41) is 11.4. The fourth-order valence-electron chi connectivity index (χ4n) is 3.38. The number of rotatable bonds is 6. The number of aliphatic hydroxyl groups is 1. The van der Waals surface area contributed by atoms with E-state index in [2.05, 4.69) is 0 Å². The van der Waals surface area contributed by atoms with Crippen LogP contribution in [-0.4, -0.2) is 42.0 Å². The lowest BCUT2D eigenvalue weighted by atomic mass is 9.95. The maximum absolute atomic E-state index is 12.8. The number of likely N-dealkylation sites (tertiary alicyclic amines) is 1. The van der Waals surface area contributed by atoms with Crippen molar-refractivity contribution in [1.82, 2.24) is 4.90 Å². The molecule has 0 saturated carbocycles. The summed E-state index contributed by atoms with van der Waals surface area (Å²) in [5.74, 6) is -1.55. The van der Waals surface area contributed by atoms with E-state index in [1.54, 1.807) is 43.5 Å². The summed E-state index contributed by atoms with van der Waals surface area (Å²) < 4.78 is 5.07. The summed E-state index contributed by atoms with van der Waals surface area (Å²) in [4.78, 5) is 27.0. The standard InChI is InChI=1S/C22H22ClNO4/c1-14-8-10-15(11-9-14)20(25)18-19(16-6-3-4-7-17(16)23)24(12-5-13-28-2)22(27)21(18)26/h3-4,6-11,19,25H,5,12-13H2,1-2H3/b20-18+/t19-/m1/s1. The average molecular weight is 400 g/mol. The number of hydrogen-bond acceptors (Lipinski definition) is 4. The number of amides is 1. The zero-order valence-corrected chi connectivity index (χ0v) is 16.6. The van der Waals surface area contributed by atoms with Gasteiger partial charge in [-0.3, -0.25) is 9.59 Å². The topological polar surface area (TPSA) is 66.8 Å². The summed E-state index contributed by atoms with van der Waals surface area (Å²) in [6.45, 7) is 2.71. The van der Waals surface area contributed by atoms with Gasteiger partial charge in [0.05, 0.1) is 11.6 Å². The SMILES string of the molecule is COCCCN1C(=O)C(=O)/C(=C(/O)c2ccc(C)cc2)[C@H]1c1ccccc1Cl. The molecule has 28 heavy (non-hydrogen) atoms. The predicted octanol–water partition coefficient (Wildman–Crippen LogP) is 4.11. The van der Waals surface area contributed by atoms with Crippen LogP contribution in [0.3, 0.4) is 0 Å². The highest BCUT2D eigenvalue weighted by Gasteiger charge is 2.46. The van der Waals surface area contributed by atoms with E-state index in [-0.39, 0.29) is 11.3 Å². The smallest absolute Gasteiger partial charge is 0.295 e. The van der Waals surface area contributed by atoms with Crippen LogP contribution in [0.4, 0.5) is 0 Å². The minimum Gasteiger partial charge on any atom is -0.507 e. The van der Waals surface area contributed by atoms with E-state index in [1.165, 1.54) is 4.90 Å². The molecule has 1 N–H and O–H groups in total. The van der Waals surface area contributed by atoms with Crippen LogP contribution >= 0.6 is 11.6 Å². The van der Waals surface area contributed by atoms with Crippen LogP contribution in [0.1, 0.15) is 29.2 Å². The van der Waals surface area contributed by atoms with Crippen molar-refractivity contribution in [2.24, 2.45) is 0 Å². The Balaban J connectivity index is 2.14. The number of Topliss-reactive ketones (excluding diaryl/α,β-unsaturated/α-hetero) is 1. The Kier molecular flexibility index (Phi) is 6.17. The molecule has 0 spiro atoms. The molecule has 2 aromatic rings. The molecule has 0 bridgehead atoms. The first-order valence-electron chi connectivity index (χ1n) is 9.04. The predicted molar refractivity (Wildman–Crippen MR) is 108 cm³/mol. The van der Waals surface area contributed by atoms with Crippen molar-refractivity contribution in [2.45, 2.75) is 19.4 Å². The van der Waals surface area contributed by atoms with Gasteiger partial charge in [0.2, 0.25) is 0 Å². The number of halogens is 1. The first-order valence-corrected chi connectivity index (χ1v) is 9.42. The van der Waals surface area contributed by atoms with Gasteiger partial charge in [0, 0.05) is 30.8 Å². The molecule has 146 valence electrons. The third-order valence-corrected chi connectivity index (χ3v) is 5.16. The van der Waals surface area contributed by atoms with E-state index in [0.717, 1.165) is 5.56 Å². The molecule has 1 heterocycles. The van der Waals surface area contributed by atoms with Gasteiger partial charge in [-0.2, -0.15) is 0 Å². The number of aryl methyl sites for hydroxylation is 1. The second-order valence-electron chi connectivity index (χ2n) is 6.73. The number of ketones is 1. The fraction of sp³-hybridized carbons (Fsp3) is 0.273. The minimum atomic E-state index is -0.744. The monoisotopic (exact) mass is 399 g/mol. The lowest BCUT2D eigenvalue weighted by molar-refractivity contribution is -0.140. The molecule has 1 atom stereocenters. The van der Waals surface area contributed by atoms with Crippen LogP contribution in [0.2, 0.25) is 5.02 Å². The van der Waals surface area contributed by atoms with E-state index in [0.29, 0.717) is 35.7 Å². The molecule has 0 aromatic heterocycles. The van der Waals surface area contributed by atoms with Crippen LogP contribution < -0.4 is 0 Å². The molecule has 1 aliphatic rings. The van der Waals surface area contributed by atoms with Gasteiger partial charge in [-0.25, -0.2) is 0 Å². The molecule has 1 aliphatic heterocycles. The van der Waals surface area contributed by atoms with Crippen molar-refractivity contribution in [3.63, 3.8) is 0 Å².